The molecule has 4 rings (SSSR count). The van der Waals surface area contributed by atoms with E-state index in [9.17, 15) is 4.79 Å². The molecule has 1 aromatic heterocycles. The number of carbonyl (C=O) groups excluding carboxylic acids is 1. The molecule has 29 heavy (non-hydrogen) atoms. The van der Waals surface area contributed by atoms with Gasteiger partial charge in [-0.1, -0.05) is 48.5 Å². The van der Waals surface area contributed by atoms with E-state index in [2.05, 4.69) is 64.6 Å². The third kappa shape index (κ3) is 4.80. The number of likely N-dealkylation sites (tertiary alicyclic amines) is 1. The first kappa shape index (κ1) is 21.3. The predicted molar refractivity (Wildman–Crippen MR) is 119 cm³/mol. The van der Waals surface area contributed by atoms with Crippen molar-refractivity contribution in [1.82, 2.24) is 20.4 Å². The second-order valence-electron chi connectivity index (χ2n) is 8.33. The maximum Gasteiger partial charge on any atom is 0.272 e. The van der Waals surface area contributed by atoms with E-state index in [0.717, 1.165) is 43.4 Å². The minimum atomic E-state index is -0.268. The third-order valence-corrected chi connectivity index (χ3v) is 5.98. The third-order valence-electron chi connectivity index (χ3n) is 5.98. The second-order valence-corrected chi connectivity index (χ2v) is 8.33. The van der Waals surface area contributed by atoms with Crippen LogP contribution in [0, 0.1) is 5.92 Å². The number of halogens is 1. The molecule has 3 aromatic rings. The number of benzene rings is 2. The lowest BCUT2D eigenvalue weighted by molar-refractivity contribution is 0.0800. The average molecular weight is 413 g/mol. The highest BCUT2D eigenvalue weighted by molar-refractivity contribution is 6.04. The van der Waals surface area contributed by atoms with Crippen molar-refractivity contribution in [2.75, 3.05) is 13.1 Å². The summed E-state index contributed by atoms with van der Waals surface area (Å²) < 4.78 is 0. The van der Waals surface area contributed by atoms with Crippen LogP contribution < -0.4 is 5.32 Å². The first-order valence-electron chi connectivity index (χ1n) is 10.0. The van der Waals surface area contributed by atoms with Gasteiger partial charge in [-0.05, 0) is 57.3 Å². The molecule has 1 fully saturated rings. The number of aromatic amines is 1. The minimum Gasteiger partial charge on any atom is -0.345 e. The van der Waals surface area contributed by atoms with E-state index in [1.54, 1.807) is 0 Å². The number of hydrogen-bond donors (Lipinski definition) is 2. The Labute approximate surface area is 178 Å². The molecule has 1 aliphatic rings. The standard InChI is InChI=1S/C23H28N4O.ClH/c1-23(2,24-22(28)21-19-10-6-7-11-20(19)25-26-21)18-12-14-27(15-13-18)16-17-8-4-3-5-9-17;/h3-11,18H,12-16H2,1-2H3,(H,24,28)(H,25,26);1H. The molecule has 0 bridgehead atoms. The number of carbonyl (C=O) groups is 1. The molecule has 154 valence electrons. The number of hydrogen-bond acceptors (Lipinski definition) is 3. The average Bonchev–Trinajstić information content (AvgIpc) is 3.13. The highest BCUT2D eigenvalue weighted by atomic mass is 35.5. The zero-order valence-corrected chi connectivity index (χ0v) is 17.8. The Kier molecular flexibility index (Phi) is 6.60. The number of H-pyrrole nitrogens is 1. The van der Waals surface area contributed by atoms with Crippen molar-refractivity contribution in [3.63, 3.8) is 0 Å². The van der Waals surface area contributed by atoms with Crippen LogP contribution in [0.5, 0.6) is 0 Å². The molecular weight excluding hydrogens is 384 g/mol. The number of rotatable bonds is 5. The minimum absolute atomic E-state index is 0. The molecule has 2 heterocycles. The fourth-order valence-electron chi connectivity index (χ4n) is 4.24. The first-order chi connectivity index (χ1) is 13.5. The van der Waals surface area contributed by atoms with Crippen LogP contribution >= 0.6 is 12.4 Å². The Balaban J connectivity index is 0.00000240. The molecule has 1 aliphatic heterocycles. The van der Waals surface area contributed by atoms with E-state index in [0.29, 0.717) is 11.6 Å². The van der Waals surface area contributed by atoms with Gasteiger partial charge < -0.3 is 5.32 Å². The van der Waals surface area contributed by atoms with Crippen LogP contribution in [0.1, 0.15) is 42.7 Å². The van der Waals surface area contributed by atoms with Crippen LogP contribution in [-0.4, -0.2) is 39.6 Å². The van der Waals surface area contributed by atoms with Crippen molar-refractivity contribution in [3.8, 4) is 0 Å². The summed E-state index contributed by atoms with van der Waals surface area (Å²) in [6, 6.07) is 18.4. The molecule has 1 amide bonds. The van der Waals surface area contributed by atoms with Gasteiger partial charge in [-0.3, -0.25) is 14.8 Å². The van der Waals surface area contributed by atoms with Gasteiger partial charge in [0.1, 0.15) is 0 Å². The van der Waals surface area contributed by atoms with Crippen LogP contribution in [0.3, 0.4) is 0 Å². The van der Waals surface area contributed by atoms with Crippen molar-refractivity contribution in [2.45, 2.75) is 38.8 Å². The number of nitrogens with one attached hydrogen (secondary N) is 2. The number of piperidine rings is 1. The van der Waals surface area contributed by atoms with E-state index in [4.69, 9.17) is 0 Å². The summed E-state index contributed by atoms with van der Waals surface area (Å²) >= 11 is 0. The van der Waals surface area contributed by atoms with Crippen LogP contribution in [0.2, 0.25) is 0 Å². The Bertz CT molecular complexity index is 946. The van der Waals surface area contributed by atoms with Gasteiger partial charge in [0, 0.05) is 17.5 Å². The van der Waals surface area contributed by atoms with Crippen molar-refractivity contribution in [2.24, 2.45) is 5.92 Å². The SMILES string of the molecule is CC(C)(NC(=O)c1n[nH]c2ccccc12)C1CCN(Cc2ccccc2)CC1.Cl. The monoisotopic (exact) mass is 412 g/mol. The lowest BCUT2D eigenvalue weighted by Crippen LogP contribution is -2.52. The van der Waals surface area contributed by atoms with Gasteiger partial charge in [-0.15, -0.1) is 12.4 Å². The zero-order valence-electron chi connectivity index (χ0n) is 17.0. The molecule has 5 nitrogen and oxygen atoms in total. The first-order valence-corrected chi connectivity index (χ1v) is 10.0. The van der Waals surface area contributed by atoms with Gasteiger partial charge in [0.15, 0.2) is 5.69 Å². The van der Waals surface area contributed by atoms with E-state index >= 15 is 0 Å². The number of nitrogens with zero attached hydrogens (tertiary/aromatic N) is 2. The number of aromatic nitrogens is 2. The highest BCUT2D eigenvalue weighted by Crippen LogP contribution is 2.29. The van der Waals surface area contributed by atoms with Crippen LogP contribution in [-0.2, 0) is 6.54 Å². The summed E-state index contributed by atoms with van der Waals surface area (Å²) in [6.45, 7) is 7.39. The van der Waals surface area contributed by atoms with Crippen LogP contribution in [0.15, 0.2) is 54.6 Å². The number of para-hydroxylation sites is 1. The Morgan fingerprint density at radius 2 is 1.76 bits per heavy atom. The molecule has 0 spiro atoms. The van der Waals surface area contributed by atoms with E-state index in [-0.39, 0.29) is 23.9 Å². The van der Waals surface area contributed by atoms with Crippen LogP contribution in [0.25, 0.3) is 10.9 Å². The number of fused-ring (bicyclic) bond motifs is 1. The summed E-state index contributed by atoms with van der Waals surface area (Å²) in [7, 11) is 0. The normalized spacial score (nSPS) is 15.8. The van der Waals surface area contributed by atoms with Crippen molar-refractivity contribution >= 4 is 29.2 Å². The Morgan fingerprint density at radius 3 is 2.48 bits per heavy atom. The fourth-order valence-corrected chi connectivity index (χ4v) is 4.24. The smallest absolute Gasteiger partial charge is 0.272 e. The molecule has 6 heteroatoms. The maximum absolute atomic E-state index is 12.9. The molecule has 2 aromatic carbocycles. The van der Waals surface area contributed by atoms with Gasteiger partial charge >= 0.3 is 0 Å². The molecular formula is C23H29ClN4O. The highest BCUT2D eigenvalue weighted by Gasteiger charge is 2.34. The lowest BCUT2D eigenvalue weighted by Gasteiger charge is -2.41. The summed E-state index contributed by atoms with van der Waals surface area (Å²) in [5.41, 5.74) is 2.46. The molecule has 1 saturated heterocycles. The molecule has 0 atom stereocenters. The zero-order chi connectivity index (χ0) is 19.6. The lowest BCUT2D eigenvalue weighted by atomic mass is 9.80. The summed E-state index contributed by atoms with van der Waals surface area (Å²) in [5.74, 6) is 0.350. The van der Waals surface area contributed by atoms with E-state index in [1.165, 1.54) is 5.56 Å². The molecule has 0 saturated carbocycles. The molecule has 0 aliphatic carbocycles. The Morgan fingerprint density at radius 1 is 1.10 bits per heavy atom. The van der Waals surface area contributed by atoms with Crippen molar-refractivity contribution in [1.29, 1.82) is 0 Å². The summed E-state index contributed by atoms with van der Waals surface area (Å²) in [6.07, 6.45) is 2.17. The summed E-state index contributed by atoms with van der Waals surface area (Å²) in [4.78, 5) is 15.4. The quantitative estimate of drug-likeness (QED) is 0.652. The predicted octanol–water partition coefficient (Wildman–Crippen LogP) is 4.41. The van der Waals surface area contributed by atoms with Gasteiger partial charge in [0.05, 0.1) is 5.52 Å². The fraction of sp³-hybridized carbons (Fsp3) is 0.391. The topological polar surface area (TPSA) is 61.0 Å². The Hall–Kier alpha value is -2.37. The van der Waals surface area contributed by atoms with Crippen LogP contribution in [0.4, 0.5) is 0 Å². The van der Waals surface area contributed by atoms with Gasteiger partial charge in [-0.2, -0.15) is 5.10 Å². The van der Waals surface area contributed by atoms with Crippen molar-refractivity contribution in [3.05, 3.63) is 65.9 Å². The van der Waals surface area contributed by atoms with Gasteiger partial charge in [0.25, 0.3) is 5.91 Å². The second kappa shape index (κ2) is 8.97. The number of amides is 1. The maximum atomic E-state index is 12.9. The van der Waals surface area contributed by atoms with Gasteiger partial charge in [0.2, 0.25) is 0 Å². The van der Waals surface area contributed by atoms with Gasteiger partial charge in [-0.25, -0.2) is 0 Å². The molecule has 0 unspecified atom stereocenters. The molecule has 0 radical (unpaired) electrons. The summed E-state index contributed by atoms with van der Waals surface area (Å²) in [5, 5.41) is 11.3. The van der Waals surface area contributed by atoms with Crippen molar-refractivity contribution < 1.29 is 4.79 Å². The molecule has 2 N–H and O–H groups in total. The van der Waals surface area contributed by atoms with E-state index in [1.807, 2.05) is 24.3 Å². The largest absolute Gasteiger partial charge is 0.345 e. The van der Waals surface area contributed by atoms with E-state index < -0.39 is 0 Å².